The number of benzene rings is 2. The molecule has 28 heavy (non-hydrogen) atoms. The van der Waals surface area contributed by atoms with E-state index in [1.807, 2.05) is 50.2 Å². The lowest BCUT2D eigenvalue weighted by molar-refractivity contribution is 0.248. The number of aromatic nitrogens is 2. The number of aliphatic hydroxyl groups is 1. The summed E-state index contributed by atoms with van der Waals surface area (Å²) in [5, 5.41) is 16.0. The van der Waals surface area contributed by atoms with Crippen LogP contribution >= 0.6 is 0 Å². The van der Waals surface area contributed by atoms with Gasteiger partial charge in [-0.3, -0.25) is 0 Å². The van der Waals surface area contributed by atoms with Gasteiger partial charge in [0.25, 0.3) is 0 Å². The summed E-state index contributed by atoms with van der Waals surface area (Å²) < 4.78 is 13.9. The number of aryl methyl sites for hydroxylation is 1. The van der Waals surface area contributed by atoms with Gasteiger partial charge in [0.15, 0.2) is 0 Å². The quantitative estimate of drug-likeness (QED) is 0.551. The molecule has 0 spiro atoms. The van der Waals surface area contributed by atoms with Crippen molar-refractivity contribution in [2.24, 2.45) is 5.92 Å². The Morgan fingerprint density at radius 2 is 1.79 bits per heavy atom. The molecule has 0 aliphatic heterocycles. The monoisotopic (exact) mass is 380 g/mol. The molecule has 3 aromatic rings. The summed E-state index contributed by atoms with van der Waals surface area (Å²) in [6.07, 6.45) is 0. The highest BCUT2D eigenvalue weighted by Crippen LogP contribution is 2.25. The Bertz CT molecular complexity index is 931. The van der Waals surface area contributed by atoms with Crippen LogP contribution in [0.1, 0.15) is 19.4 Å². The van der Waals surface area contributed by atoms with E-state index >= 15 is 0 Å². The SMILES string of the molecule is Cc1ccc(Nc2cc(-c3ccccc3)nc(N[C@H](CO)C(C)C)n2)cc1F. The normalized spacial score (nSPS) is 12.1. The number of hydrogen-bond acceptors (Lipinski definition) is 5. The van der Waals surface area contributed by atoms with E-state index in [0.717, 1.165) is 11.3 Å². The van der Waals surface area contributed by atoms with E-state index in [9.17, 15) is 9.50 Å². The molecule has 0 radical (unpaired) electrons. The van der Waals surface area contributed by atoms with Crippen molar-refractivity contribution in [2.45, 2.75) is 26.8 Å². The lowest BCUT2D eigenvalue weighted by Gasteiger charge is -2.20. The third-order valence-corrected chi connectivity index (χ3v) is 4.56. The molecule has 0 saturated heterocycles. The van der Waals surface area contributed by atoms with Crippen molar-refractivity contribution in [3.63, 3.8) is 0 Å². The smallest absolute Gasteiger partial charge is 0.225 e. The van der Waals surface area contributed by atoms with Crippen LogP contribution in [-0.4, -0.2) is 27.7 Å². The van der Waals surface area contributed by atoms with Gasteiger partial charge in [0.1, 0.15) is 11.6 Å². The van der Waals surface area contributed by atoms with Gasteiger partial charge in [-0.2, -0.15) is 4.98 Å². The summed E-state index contributed by atoms with van der Waals surface area (Å²) in [7, 11) is 0. The molecule has 5 nitrogen and oxygen atoms in total. The van der Waals surface area contributed by atoms with Gasteiger partial charge in [0.05, 0.1) is 18.3 Å². The molecule has 1 atom stereocenters. The summed E-state index contributed by atoms with van der Waals surface area (Å²) in [5.74, 6) is 0.877. The Morgan fingerprint density at radius 3 is 2.43 bits per heavy atom. The number of aliphatic hydroxyl groups excluding tert-OH is 1. The molecular weight excluding hydrogens is 355 g/mol. The van der Waals surface area contributed by atoms with Crippen LogP contribution in [0.2, 0.25) is 0 Å². The fourth-order valence-electron chi connectivity index (χ4n) is 2.74. The zero-order valence-corrected chi connectivity index (χ0v) is 16.3. The van der Waals surface area contributed by atoms with Gasteiger partial charge < -0.3 is 15.7 Å². The van der Waals surface area contributed by atoms with Crippen LogP contribution in [0.5, 0.6) is 0 Å². The highest BCUT2D eigenvalue weighted by Gasteiger charge is 2.15. The van der Waals surface area contributed by atoms with E-state index in [1.54, 1.807) is 19.1 Å². The topological polar surface area (TPSA) is 70.1 Å². The molecule has 3 rings (SSSR count). The molecule has 3 N–H and O–H groups in total. The summed E-state index contributed by atoms with van der Waals surface area (Å²) in [4.78, 5) is 9.11. The Morgan fingerprint density at radius 1 is 1.04 bits per heavy atom. The number of nitrogens with one attached hydrogen (secondary N) is 2. The maximum atomic E-state index is 13.9. The van der Waals surface area contributed by atoms with E-state index in [0.29, 0.717) is 23.0 Å². The van der Waals surface area contributed by atoms with Crippen LogP contribution in [-0.2, 0) is 0 Å². The van der Waals surface area contributed by atoms with Crippen molar-refractivity contribution in [1.29, 1.82) is 0 Å². The molecule has 1 heterocycles. The van der Waals surface area contributed by atoms with Gasteiger partial charge in [-0.15, -0.1) is 0 Å². The number of anilines is 3. The molecule has 0 fully saturated rings. The second kappa shape index (κ2) is 8.80. The van der Waals surface area contributed by atoms with Gasteiger partial charge >= 0.3 is 0 Å². The average Bonchev–Trinajstić information content (AvgIpc) is 2.69. The lowest BCUT2D eigenvalue weighted by atomic mass is 10.1. The van der Waals surface area contributed by atoms with Crippen molar-refractivity contribution in [3.8, 4) is 11.3 Å². The number of nitrogens with zero attached hydrogens (tertiary/aromatic N) is 2. The minimum atomic E-state index is -0.277. The first-order valence-corrected chi connectivity index (χ1v) is 9.31. The van der Waals surface area contributed by atoms with Crippen LogP contribution in [0.3, 0.4) is 0 Å². The maximum absolute atomic E-state index is 13.9. The zero-order chi connectivity index (χ0) is 20.1. The van der Waals surface area contributed by atoms with E-state index in [1.165, 1.54) is 6.07 Å². The van der Waals surface area contributed by atoms with Gasteiger partial charge in [0, 0.05) is 17.3 Å². The first kappa shape index (κ1) is 19.8. The summed E-state index contributed by atoms with van der Waals surface area (Å²) in [6.45, 7) is 5.73. The van der Waals surface area contributed by atoms with Crippen molar-refractivity contribution >= 4 is 17.5 Å². The molecule has 0 bridgehead atoms. The van der Waals surface area contributed by atoms with E-state index in [4.69, 9.17) is 0 Å². The van der Waals surface area contributed by atoms with Crippen LogP contribution < -0.4 is 10.6 Å². The zero-order valence-electron chi connectivity index (χ0n) is 16.3. The summed E-state index contributed by atoms with van der Waals surface area (Å²) >= 11 is 0. The fourth-order valence-corrected chi connectivity index (χ4v) is 2.74. The molecule has 0 unspecified atom stereocenters. The van der Waals surface area contributed by atoms with Crippen molar-refractivity contribution < 1.29 is 9.50 Å². The highest BCUT2D eigenvalue weighted by molar-refractivity contribution is 5.67. The molecule has 1 aromatic heterocycles. The Balaban J connectivity index is 1.97. The Kier molecular flexibility index (Phi) is 6.21. The third-order valence-electron chi connectivity index (χ3n) is 4.56. The van der Waals surface area contributed by atoms with Crippen molar-refractivity contribution in [1.82, 2.24) is 9.97 Å². The minimum absolute atomic E-state index is 0.0253. The molecule has 146 valence electrons. The Labute approximate surface area is 164 Å². The van der Waals surface area contributed by atoms with Crippen LogP contribution in [0.25, 0.3) is 11.3 Å². The molecule has 0 aliphatic rings. The molecule has 6 heteroatoms. The first-order valence-electron chi connectivity index (χ1n) is 9.31. The molecule has 2 aromatic carbocycles. The summed E-state index contributed by atoms with van der Waals surface area (Å²) in [6, 6.07) is 16.4. The van der Waals surface area contributed by atoms with E-state index < -0.39 is 0 Å². The minimum Gasteiger partial charge on any atom is -0.394 e. The average molecular weight is 380 g/mol. The first-order chi connectivity index (χ1) is 13.5. The standard InChI is InChI=1S/C22H25FN4O/c1-14(2)20(13-28)26-22-25-19(16-7-5-4-6-8-16)12-21(27-22)24-17-10-9-15(3)18(23)11-17/h4-12,14,20,28H,13H2,1-3H3,(H2,24,25,26,27)/t20-/m1/s1. The molecule has 0 amide bonds. The van der Waals surface area contributed by atoms with E-state index in [2.05, 4.69) is 20.6 Å². The number of hydrogen-bond donors (Lipinski definition) is 3. The van der Waals surface area contributed by atoms with Gasteiger partial charge in [0.2, 0.25) is 5.95 Å². The van der Waals surface area contributed by atoms with Crippen molar-refractivity contribution in [3.05, 3.63) is 66.0 Å². The largest absolute Gasteiger partial charge is 0.394 e. The molecular formula is C22H25FN4O. The van der Waals surface area contributed by atoms with E-state index in [-0.39, 0.29) is 24.4 Å². The van der Waals surface area contributed by atoms with Crippen LogP contribution in [0, 0.1) is 18.7 Å². The van der Waals surface area contributed by atoms with Gasteiger partial charge in [-0.25, -0.2) is 9.37 Å². The number of halogens is 1. The predicted molar refractivity (Wildman–Crippen MR) is 111 cm³/mol. The number of rotatable bonds is 7. The third kappa shape index (κ3) is 4.84. The lowest BCUT2D eigenvalue weighted by Crippen LogP contribution is -2.30. The van der Waals surface area contributed by atoms with Crippen molar-refractivity contribution in [2.75, 3.05) is 17.2 Å². The van der Waals surface area contributed by atoms with Crippen LogP contribution in [0.4, 0.5) is 21.8 Å². The maximum Gasteiger partial charge on any atom is 0.225 e. The van der Waals surface area contributed by atoms with Gasteiger partial charge in [-0.1, -0.05) is 50.2 Å². The van der Waals surface area contributed by atoms with Crippen LogP contribution in [0.15, 0.2) is 54.6 Å². The Hall–Kier alpha value is -2.99. The predicted octanol–water partition coefficient (Wildman–Crippen LogP) is 4.76. The fraction of sp³-hybridized carbons (Fsp3) is 0.273. The second-order valence-electron chi connectivity index (χ2n) is 7.09. The van der Waals surface area contributed by atoms with Gasteiger partial charge in [-0.05, 0) is 30.5 Å². The molecule has 0 aliphatic carbocycles. The molecule has 0 saturated carbocycles. The highest BCUT2D eigenvalue weighted by atomic mass is 19.1. The summed E-state index contributed by atoms with van der Waals surface area (Å²) in [5.41, 5.74) is 2.86. The second-order valence-corrected chi connectivity index (χ2v) is 7.09.